The molecule has 3 heteroatoms. The van der Waals surface area contributed by atoms with Crippen LogP contribution in [-0.4, -0.2) is 0 Å². The summed E-state index contributed by atoms with van der Waals surface area (Å²) < 4.78 is 26.1. The fraction of sp³-hybridized carbons (Fsp3) is 0.250. The summed E-state index contributed by atoms with van der Waals surface area (Å²) in [5, 5.41) is 0. The van der Waals surface area contributed by atoms with E-state index in [0.29, 0.717) is 11.5 Å². The van der Waals surface area contributed by atoms with Crippen LogP contribution < -0.4 is 5.73 Å². The molecular weight excluding hydrogens is 244 g/mol. The quantitative estimate of drug-likeness (QED) is 0.883. The van der Waals surface area contributed by atoms with Gasteiger partial charge in [-0.1, -0.05) is 44.2 Å². The number of benzene rings is 2. The highest BCUT2D eigenvalue weighted by Crippen LogP contribution is 2.23. The van der Waals surface area contributed by atoms with Crippen molar-refractivity contribution < 1.29 is 8.78 Å². The van der Waals surface area contributed by atoms with Gasteiger partial charge in [0, 0.05) is 0 Å². The molecule has 0 amide bonds. The van der Waals surface area contributed by atoms with E-state index in [9.17, 15) is 8.78 Å². The van der Waals surface area contributed by atoms with E-state index in [4.69, 9.17) is 5.73 Å². The average Bonchev–Trinajstić information content (AvgIpc) is 2.41. The monoisotopic (exact) mass is 261 g/mol. The molecular formula is C16H17F2N. The van der Waals surface area contributed by atoms with Gasteiger partial charge in [-0.25, -0.2) is 8.78 Å². The second kappa shape index (κ2) is 5.49. The van der Waals surface area contributed by atoms with Crippen LogP contribution in [0.3, 0.4) is 0 Å². The first kappa shape index (κ1) is 13.7. The van der Waals surface area contributed by atoms with Crippen molar-refractivity contribution in [3.63, 3.8) is 0 Å². The Morgan fingerprint density at radius 3 is 1.84 bits per heavy atom. The summed E-state index contributed by atoms with van der Waals surface area (Å²) >= 11 is 0. The summed E-state index contributed by atoms with van der Waals surface area (Å²) in [7, 11) is 0. The molecule has 0 spiro atoms. The second-order valence-electron chi connectivity index (χ2n) is 4.97. The lowest BCUT2D eigenvalue weighted by atomic mass is 9.96. The third-order valence-electron chi connectivity index (χ3n) is 3.27. The Morgan fingerprint density at radius 1 is 0.789 bits per heavy atom. The van der Waals surface area contributed by atoms with Crippen LogP contribution >= 0.6 is 0 Å². The molecule has 0 aliphatic heterocycles. The van der Waals surface area contributed by atoms with E-state index in [1.165, 1.54) is 11.6 Å². The topological polar surface area (TPSA) is 26.0 Å². The lowest BCUT2D eigenvalue weighted by Gasteiger charge is -2.14. The van der Waals surface area contributed by atoms with E-state index in [1.807, 2.05) is 24.3 Å². The van der Waals surface area contributed by atoms with E-state index in [1.54, 1.807) is 0 Å². The Morgan fingerprint density at radius 2 is 1.32 bits per heavy atom. The van der Waals surface area contributed by atoms with Crippen LogP contribution in [-0.2, 0) is 0 Å². The summed E-state index contributed by atoms with van der Waals surface area (Å²) in [6, 6.07) is 11.2. The average molecular weight is 261 g/mol. The van der Waals surface area contributed by atoms with E-state index in [0.717, 1.165) is 17.7 Å². The molecule has 0 aliphatic carbocycles. The molecule has 0 aliphatic rings. The second-order valence-corrected chi connectivity index (χ2v) is 4.97. The Labute approximate surface area is 112 Å². The van der Waals surface area contributed by atoms with Gasteiger partial charge in [-0.05, 0) is 34.7 Å². The highest BCUT2D eigenvalue weighted by molar-refractivity contribution is 5.34. The molecule has 0 aromatic heterocycles. The minimum Gasteiger partial charge on any atom is -0.320 e. The van der Waals surface area contributed by atoms with Crippen molar-refractivity contribution in [3.8, 4) is 0 Å². The van der Waals surface area contributed by atoms with Gasteiger partial charge >= 0.3 is 0 Å². The van der Waals surface area contributed by atoms with Gasteiger partial charge in [-0.15, -0.1) is 0 Å². The summed E-state index contributed by atoms with van der Waals surface area (Å²) in [6.45, 7) is 4.23. The van der Waals surface area contributed by atoms with Crippen LogP contribution in [0.25, 0.3) is 0 Å². The zero-order chi connectivity index (χ0) is 14.0. The summed E-state index contributed by atoms with van der Waals surface area (Å²) in [5.74, 6) is -1.27. The molecule has 1 unspecified atom stereocenters. The van der Waals surface area contributed by atoms with E-state index in [-0.39, 0.29) is 0 Å². The first-order valence-electron chi connectivity index (χ1n) is 6.29. The molecule has 2 aromatic rings. The molecule has 100 valence electrons. The zero-order valence-corrected chi connectivity index (χ0v) is 11.0. The lowest BCUT2D eigenvalue weighted by molar-refractivity contribution is 0.506. The zero-order valence-electron chi connectivity index (χ0n) is 11.0. The fourth-order valence-corrected chi connectivity index (χ4v) is 1.99. The molecule has 1 atom stereocenters. The minimum atomic E-state index is -0.869. The fourth-order valence-electron chi connectivity index (χ4n) is 1.99. The molecule has 2 N–H and O–H groups in total. The van der Waals surface area contributed by atoms with Crippen LogP contribution in [0.2, 0.25) is 0 Å². The third-order valence-corrected chi connectivity index (χ3v) is 3.27. The van der Waals surface area contributed by atoms with Gasteiger partial charge in [0.05, 0.1) is 6.04 Å². The largest absolute Gasteiger partial charge is 0.320 e. The predicted octanol–water partition coefficient (Wildman–Crippen LogP) is 4.14. The normalized spacial score (nSPS) is 12.7. The van der Waals surface area contributed by atoms with Crippen molar-refractivity contribution in [1.82, 2.24) is 0 Å². The maximum atomic E-state index is 13.2. The SMILES string of the molecule is CC(C)c1ccc(C(N)c2ccc(F)c(F)c2)cc1. The van der Waals surface area contributed by atoms with Gasteiger partial charge in [0.2, 0.25) is 0 Å². The molecule has 0 saturated heterocycles. The minimum absolute atomic E-state index is 0.448. The third kappa shape index (κ3) is 2.99. The van der Waals surface area contributed by atoms with Gasteiger partial charge < -0.3 is 5.73 Å². The predicted molar refractivity (Wildman–Crippen MR) is 72.9 cm³/mol. The Hall–Kier alpha value is -1.74. The summed E-state index contributed by atoms with van der Waals surface area (Å²) in [6.07, 6.45) is 0. The molecule has 0 saturated carbocycles. The highest BCUT2D eigenvalue weighted by Gasteiger charge is 2.12. The van der Waals surface area contributed by atoms with Crippen molar-refractivity contribution in [2.45, 2.75) is 25.8 Å². The number of hydrogen-bond acceptors (Lipinski definition) is 1. The number of nitrogens with two attached hydrogens (primary N) is 1. The number of hydrogen-bond donors (Lipinski definition) is 1. The maximum absolute atomic E-state index is 13.2. The van der Waals surface area contributed by atoms with Crippen molar-refractivity contribution >= 4 is 0 Å². The Bertz CT molecular complexity index is 561. The summed E-state index contributed by atoms with van der Waals surface area (Å²) in [5.41, 5.74) is 8.75. The van der Waals surface area contributed by atoms with Crippen molar-refractivity contribution in [3.05, 3.63) is 70.8 Å². The Kier molecular flexibility index (Phi) is 3.96. The van der Waals surface area contributed by atoms with Gasteiger partial charge in [0.15, 0.2) is 11.6 Å². The van der Waals surface area contributed by atoms with Crippen molar-refractivity contribution in [2.24, 2.45) is 5.73 Å². The number of rotatable bonds is 3. The Balaban J connectivity index is 2.27. The molecule has 2 aromatic carbocycles. The molecule has 0 radical (unpaired) electrons. The van der Waals surface area contributed by atoms with Gasteiger partial charge in [0.1, 0.15) is 0 Å². The van der Waals surface area contributed by atoms with Crippen LogP contribution in [0.5, 0.6) is 0 Å². The summed E-state index contributed by atoms with van der Waals surface area (Å²) in [4.78, 5) is 0. The first-order chi connectivity index (χ1) is 8.99. The van der Waals surface area contributed by atoms with Gasteiger partial charge in [0.25, 0.3) is 0 Å². The van der Waals surface area contributed by atoms with Gasteiger partial charge in [-0.2, -0.15) is 0 Å². The first-order valence-corrected chi connectivity index (χ1v) is 6.29. The van der Waals surface area contributed by atoms with Crippen LogP contribution in [0.15, 0.2) is 42.5 Å². The van der Waals surface area contributed by atoms with E-state index >= 15 is 0 Å². The lowest BCUT2D eigenvalue weighted by Crippen LogP contribution is -2.12. The standard InChI is InChI=1S/C16H17F2N/c1-10(2)11-3-5-12(6-4-11)16(19)13-7-8-14(17)15(18)9-13/h3-10,16H,19H2,1-2H3. The van der Waals surface area contributed by atoms with Crippen LogP contribution in [0.4, 0.5) is 8.78 Å². The molecule has 0 heterocycles. The molecule has 19 heavy (non-hydrogen) atoms. The molecule has 2 rings (SSSR count). The highest BCUT2D eigenvalue weighted by atomic mass is 19.2. The molecule has 1 nitrogen and oxygen atoms in total. The molecule has 0 bridgehead atoms. The van der Waals surface area contributed by atoms with Crippen molar-refractivity contribution in [2.75, 3.05) is 0 Å². The van der Waals surface area contributed by atoms with Crippen LogP contribution in [0.1, 0.15) is 42.5 Å². The van der Waals surface area contributed by atoms with Gasteiger partial charge in [-0.3, -0.25) is 0 Å². The van der Waals surface area contributed by atoms with Crippen molar-refractivity contribution in [1.29, 1.82) is 0 Å². The smallest absolute Gasteiger partial charge is 0.159 e. The molecule has 0 fully saturated rings. The van der Waals surface area contributed by atoms with E-state index < -0.39 is 17.7 Å². The maximum Gasteiger partial charge on any atom is 0.159 e. The van der Waals surface area contributed by atoms with E-state index in [2.05, 4.69) is 13.8 Å². The number of halogens is 2. The van der Waals surface area contributed by atoms with Crippen LogP contribution in [0, 0.1) is 11.6 Å².